The highest BCUT2D eigenvalue weighted by Crippen LogP contribution is 2.38. The molecule has 1 saturated carbocycles. The maximum absolute atomic E-state index is 14.9. The molecule has 1 fully saturated rings. The van der Waals surface area contributed by atoms with E-state index in [1.54, 1.807) is 0 Å². The van der Waals surface area contributed by atoms with E-state index < -0.39 is 17.5 Å². The number of ether oxygens (including phenoxy) is 1. The minimum absolute atomic E-state index is 0.00334. The predicted octanol–water partition coefficient (Wildman–Crippen LogP) is 7.33. The van der Waals surface area contributed by atoms with Crippen LogP contribution in [0.15, 0.2) is 66.7 Å². The van der Waals surface area contributed by atoms with E-state index in [1.807, 2.05) is 37.3 Å². The van der Waals surface area contributed by atoms with Gasteiger partial charge < -0.3 is 4.74 Å². The summed E-state index contributed by atoms with van der Waals surface area (Å²) in [6.07, 6.45) is 2.77. The molecule has 1 aliphatic rings. The van der Waals surface area contributed by atoms with Crippen LogP contribution in [0.2, 0.25) is 0 Å². The van der Waals surface area contributed by atoms with Gasteiger partial charge in [-0.3, -0.25) is 4.79 Å². The molecule has 3 aromatic rings. The monoisotopic (exact) mass is 452 g/mol. The van der Waals surface area contributed by atoms with Crippen LogP contribution in [0.5, 0.6) is 5.75 Å². The van der Waals surface area contributed by atoms with E-state index in [0.29, 0.717) is 43.4 Å². The van der Waals surface area contributed by atoms with E-state index in [4.69, 9.17) is 4.74 Å². The first-order chi connectivity index (χ1) is 15.9. The van der Waals surface area contributed by atoms with Gasteiger partial charge in [0.15, 0.2) is 0 Å². The quantitative estimate of drug-likeness (QED) is 0.289. The van der Waals surface area contributed by atoms with E-state index in [2.05, 4.69) is 0 Å². The molecular weight excluding hydrogens is 425 g/mol. The lowest BCUT2D eigenvalue weighted by Gasteiger charge is -2.28. The van der Waals surface area contributed by atoms with Crippen molar-refractivity contribution in [3.05, 3.63) is 101 Å². The number of esters is 1. The molecule has 0 radical (unpaired) electrons. The van der Waals surface area contributed by atoms with Gasteiger partial charge in [-0.2, -0.15) is 0 Å². The number of carbonyl (C=O) groups excluding carboxylic acids is 1. The third kappa shape index (κ3) is 5.65. The number of hydrogen-bond donors (Lipinski definition) is 0. The molecular formula is C28H27F3O2. The zero-order valence-electron chi connectivity index (χ0n) is 18.6. The maximum Gasteiger partial charge on any atom is 0.314 e. The highest BCUT2D eigenvalue weighted by Gasteiger charge is 2.29. The Morgan fingerprint density at radius 1 is 0.909 bits per heavy atom. The van der Waals surface area contributed by atoms with Gasteiger partial charge in [-0.1, -0.05) is 37.3 Å². The summed E-state index contributed by atoms with van der Waals surface area (Å²) in [5.74, 6) is -1.71. The molecule has 0 spiro atoms. The summed E-state index contributed by atoms with van der Waals surface area (Å²) in [5, 5.41) is 0. The maximum atomic E-state index is 14.9. The molecule has 0 aliphatic heterocycles. The largest absolute Gasteiger partial charge is 0.426 e. The van der Waals surface area contributed by atoms with Crippen molar-refractivity contribution >= 4 is 5.97 Å². The molecule has 1 aliphatic carbocycles. The Morgan fingerprint density at radius 3 is 2.12 bits per heavy atom. The molecule has 3 aromatic carbocycles. The predicted molar refractivity (Wildman–Crippen MR) is 122 cm³/mol. The molecule has 5 heteroatoms. The second-order valence-corrected chi connectivity index (χ2v) is 8.90. The summed E-state index contributed by atoms with van der Waals surface area (Å²) < 4.78 is 48.1. The van der Waals surface area contributed by atoms with Gasteiger partial charge in [0.1, 0.15) is 23.2 Å². The summed E-state index contributed by atoms with van der Waals surface area (Å²) in [5.41, 5.74) is 1.81. The lowest BCUT2D eigenvalue weighted by Crippen LogP contribution is -2.25. The SMILES string of the molecule is CC(Cc1c(F)cc(C2CCC(C(=O)Oc3ccc(F)cc3)CC2)cc1F)c1ccccc1. The molecule has 0 bridgehead atoms. The smallest absolute Gasteiger partial charge is 0.314 e. The number of benzene rings is 3. The van der Waals surface area contributed by atoms with Crippen LogP contribution < -0.4 is 4.74 Å². The molecule has 0 N–H and O–H groups in total. The lowest BCUT2D eigenvalue weighted by molar-refractivity contribution is -0.140. The first kappa shape index (κ1) is 23.1. The Labute approximate surface area is 192 Å². The van der Waals surface area contributed by atoms with Crippen molar-refractivity contribution in [3.63, 3.8) is 0 Å². The first-order valence-corrected chi connectivity index (χ1v) is 11.4. The van der Waals surface area contributed by atoms with E-state index in [1.165, 1.54) is 36.4 Å². The third-order valence-corrected chi connectivity index (χ3v) is 6.61. The fourth-order valence-electron chi connectivity index (χ4n) is 4.62. The van der Waals surface area contributed by atoms with E-state index in [-0.39, 0.29) is 29.3 Å². The van der Waals surface area contributed by atoms with Crippen LogP contribution in [-0.2, 0) is 11.2 Å². The average Bonchev–Trinajstić information content (AvgIpc) is 2.83. The Bertz CT molecular complexity index is 1060. The molecule has 172 valence electrons. The van der Waals surface area contributed by atoms with Crippen LogP contribution in [0.1, 0.15) is 61.1 Å². The van der Waals surface area contributed by atoms with Gasteiger partial charge >= 0.3 is 5.97 Å². The molecule has 1 atom stereocenters. The molecule has 0 amide bonds. The Hall–Kier alpha value is -3.08. The number of carbonyl (C=O) groups is 1. The molecule has 33 heavy (non-hydrogen) atoms. The van der Waals surface area contributed by atoms with Gasteiger partial charge in [0.25, 0.3) is 0 Å². The highest BCUT2D eigenvalue weighted by atomic mass is 19.1. The van der Waals surface area contributed by atoms with Crippen molar-refractivity contribution < 1.29 is 22.7 Å². The second kappa shape index (κ2) is 10.2. The van der Waals surface area contributed by atoms with Gasteiger partial charge in [-0.25, -0.2) is 13.2 Å². The van der Waals surface area contributed by atoms with Crippen LogP contribution in [0.4, 0.5) is 13.2 Å². The number of halogens is 3. The summed E-state index contributed by atoms with van der Waals surface area (Å²) in [4.78, 5) is 12.4. The zero-order chi connectivity index (χ0) is 23.4. The van der Waals surface area contributed by atoms with E-state index >= 15 is 0 Å². The van der Waals surface area contributed by atoms with Crippen molar-refractivity contribution in [2.24, 2.45) is 5.92 Å². The highest BCUT2D eigenvalue weighted by molar-refractivity contribution is 5.75. The first-order valence-electron chi connectivity index (χ1n) is 11.4. The van der Waals surface area contributed by atoms with Crippen LogP contribution >= 0.6 is 0 Å². The van der Waals surface area contributed by atoms with Gasteiger partial charge in [0, 0.05) is 5.56 Å². The van der Waals surface area contributed by atoms with Gasteiger partial charge in [-0.05, 0) is 91.5 Å². The van der Waals surface area contributed by atoms with Crippen molar-refractivity contribution in [2.75, 3.05) is 0 Å². The molecule has 0 saturated heterocycles. The Kier molecular flexibility index (Phi) is 7.17. The molecule has 4 rings (SSSR count). The molecule has 2 nitrogen and oxygen atoms in total. The fraction of sp³-hybridized carbons (Fsp3) is 0.321. The third-order valence-electron chi connectivity index (χ3n) is 6.61. The van der Waals surface area contributed by atoms with Crippen LogP contribution in [0, 0.1) is 23.4 Å². The van der Waals surface area contributed by atoms with Gasteiger partial charge in [-0.15, -0.1) is 0 Å². The number of rotatable bonds is 6. The molecule has 0 heterocycles. The normalized spacial score (nSPS) is 19.2. The van der Waals surface area contributed by atoms with Crippen molar-refractivity contribution in [3.8, 4) is 5.75 Å². The molecule has 0 aromatic heterocycles. The average molecular weight is 453 g/mol. The Morgan fingerprint density at radius 2 is 1.52 bits per heavy atom. The van der Waals surface area contributed by atoms with Gasteiger partial charge in [0.2, 0.25) is 0 Å². The topological polar surface area (TPSA) is 26.3 Å². The van der Waals surface area contributed by atoms with Crippen LogP contribution in [-0.4, -0.2) is 5.97 Å². The standard InChI is InChI=1S/C28H27F3O2/c1-18(19-5-3-2-4-6-19)15-25-26(30)16-22(17-27(25)31)20-7-9-21(10-8-20)28(32)33-24-13-11-23(29)12-14-24/h2-6,11-14,16-18,20-21H,7-10,15H2,1H3. The van der Waals surface area contributed by atoms with Gasteiger partial charge in [0.05, 0.1) is 5.92 Å². The van der Waals surface area contributed by atoms with E-state index in [0.717, 1.165) is 5.56 Å². The van der Waals surface area contributed by atoms with Crippen molar-refractivity contribution in [1.29, 1.82) is 0 Å². The lowest BCUT2D eigenvalue weighted by atomic mass is 9.78. The minimum Gasteiger partial charge on any atom is -0.426 e. The summed E-state index contributed by atoms with van der Waals surface area (Å²) in [6, 6.07) is 17.9. The van der Waals surface area contributed by atoms with Crippen LogP contribution in [0.3, 0.4) is 0 Å². The Balaban J connectivity index is 1.37. The van der Waals surface area contributed by atoms with Crippen molar-refractivity contribution in [2.45, 2.75) is 50.9 Å². The molecule has 1 unspecified atom stereocenters. The fourth-order valence-corrected chi connectivity index (χ4v) is 4.62. The summed E-state index contributed by atoms with van der Waals surface area (Å²) in [6.45, 7) is 1.97. The second-order valence-electron chi connectivity index (χ2n) is 8.90. The summed E-state index contributed by atoms with van der Waals surface area (Å²) >= 11 is 0. The van der Waals surface area contributed by atoms with Crippen molar-refractivity contribution in [1.82, 2.24) is 0 Å². The zero-order valence-corrected chi connectivity index (χ0v) is 18.6. The van der Waals surface area contributed by atoms with E-state index in [9.17, 15) is 18.0 Å². The van der Waals surface area contributed by atoms with Crippen LogP contribution in [0.25, 0.3) is 0 Å². The number of hydrogen-bond acceptors (Lipinski definition) is 2. The summed E-state index contributed by atoms with van der Waals surface area (Å²) in [7, 11) is 0. The minimum atomic E-state index is -0.509.